The van der Waals surface area contributed by atoms with E-state index in [2.05, 4.69) is 4.90 Å². The van der Waals surface area contributed by atoms with Gasteiger partial charge < -0.3 is 9.84 Å². The fourth-order valence-electron chi connectivity index (χ4n) is 4.09. The Morgan fingerprint density at radius 2 is 2.00 bits per heavy atom. The molecule has 3 rings (SSSR count). The largest absolute Gasteiger partial charge is 0.504 e. The van der Waals surface area contributed by atoms with Crippen molar-refractivity contribution < 1.29 is 9.84 Å². The average Bonchev–Trinajstić information content (AvgIpc) is 3.13. The Hall–Kier alpha value is -1.22. The molecule has 1 aliphatic heterocycles. The molecule has 1 heterocycles. The maximum absolute atomic E-state index is 9.81. The van der Waals surface area contributed by atoms with E-state index in [1.807, 2.05) is 19.1 Å². The van der Waals surface area contributed by atoms with Crippen LogP contribution in [0.1, 0.15) is 51.0 Å². The number of benzene rings is 1. The lowest BCUT2D eigenvalue weighted by Crippen LogP contribution is -2.34. The molecule has 0 spiro atoms. The van der Waals surface area contributed by atoms with Crippen molar-refractivity contribution in [3.05, 3.63) is 23.8 Å². The molecular formula is C18H27NO2. The van der Waals surface area contributed by atoms with Gasteiger partial charge in [0.05, 0.1) is 6.61 Å². The summed E-state index contributed by atoms with van der Waals surface area (Å²) in [6, 6.07) is 6.57. The van der Waals surface area contributed by atoms with Crippen molar-refractivity contribution in [1.82, 2.24) is 4.90 Å². The highest BCUT2D eigenvalue weighted by molar-refractivity contribution is 5.41. The quantitative estimate of drug-likeness (QED) is 0.891. The lowest BCUT2D eigenvalue weighted by molar-refractivity contribution is 0.183. The zero-order valence-corrected chi connectivity index (χ0v) is 13.1. The maximum Gasteiger partial charge on any atom is 0.161 e. The predicted molar refractivity (Wildman–Crippen MR) is 84.7 cm³/mol. The normalized spacial score (nSPS) is 23.8. The molecule has 1 N–H and O–H groups in total. The number of hydrogen-bond donors (Lipinski definition) is 1. The SMILES string of the molecule is CCOc1cc(CN2CCCC2C2CCCC2)ccc1O. The Morgan fingerprint density at radius 3 is 2.76 bits per heavy atom. The highest BCUT2D eigenvalue weighted by Crippen LogP contribution is 2.36. The maximum atomic E-state index is 9.81. The highest BCUT2D eigenvalue weighted by Gasteiger charge is 2.33. The van der Waals surface area contributed by atoms with Crippen LogP contribution in [-0.4, -0.2) is 29.2 Å². The molecule has 116 valence electrons. The molecule has 2 fully saturated rings. The minimum absolute atomic E-state index is 0.245. The first kappa shape index (κ1) is 14.7. The number of ether oxygens (including phenoxy) is 1. The molecule has 1 aromatic rings. The molecular weight excluding hydrogens is 262 g/mol. The first-order valence-corrected chi connectivity index (χ1v) is 8.46. The van der Waals surface area contributed by atoms with Gasteiger partial charge in [0.2, 0.25) is 0 Å². The van der Waals surface area contributed by atoms with Gasteiger partial charge in [0, 0.05) is 12.6 Å². The number of phenolic OH excluding ortho intramolecular Hbond substituents is 1. The van der Waals surface area contributed by atoms with Crippen LogP contribution in [0.2, 0.25) is 0 Å². The molecule has 0 radical (unpaired) electrons. The second-order valence-corrected chi connectivity index (χ2v) is 6.46. The van der Waals surface area contributed by atoms with Gasteiger partial charge in [-0.3, -0.25) is 4.90 Å². The smallest absolute Gasteiger partial charge is 0.161 e. The van der Waals surface area contributed by atoms with Gasteiger partial charge >= 0.3 is 0 Å². The Bertz CT molecular complexity index is 468. The van der Waals surface area contributed by atoms with E-state index in [1.165, 1.54) is 50.6 Å². The van der Waals surface area contributed by atoms with Crippen LogP contribution in [0.4, 0.5) is 0 Å². The average molecular weight is 289 g/mol. The van der Waals surface area contributed by atoms with Crippen LogP contribution in [0.15, 0.2) is 18.2 Å². The van der Waals surface area contributed by atoms with Crippen LogP contribution >= 0.6 is 0 Å². The third-order valence-corrected chi connectivity index (χ3v) is 5.07. The van der Waals surface area contributed by atoms with Crippen molar-refractivity contribution in [1.29, 1.82) is 0 Å². The number of aromatic hydroxyl groups is 1. The van der Waals surface area contributed by atoms with Crippen LogP contribution in [-0.2, 0) is 6.54 Å². The van der Waals surface area contributed by atoms with Gasteiger partial charge in [0.1, 0.15) is 0 Å². The highest BCUT2D eigenvalue weighted by atomic mass is 16.5. The molecule has 3 nitrogen and oxygen atoms in total. The van der Waals surface area contributed by atoms with Gasteiger partial charge in [-0.15, -0.1) is 0 Å². The second kappa shape index (κ2) is 6.69. The minimum Gasteiger partial charge on any atom is -0.504 e. The molecule has 0 amide bonds. The Balaban J connectivity index is 1.68. The van der Waals surface area contributed by atoms with Crippen molar-refractivity contribution in [2.75, 3.05) is 13.2 Å². The van der Waals surface area contributed by atoms with E-state index in [4.69, 9.17) is 4.74 Å². The Morgan fingerprint density at radius 1 is 1.19 bits per heavy atom. The summed E-state index contributed by atoms with van der Waals surface area (Å²) in [5.41, 5.74) is 1.25. The van der Waals surface area contributed by atoms with Gasteiger partial charge in [0.15, 0.2) is 11.5 Å². The zero-order chi connectivity index (χ0) is 14.7. The first-order valence-electron chi connectivity index (χ1n) is 8.46. The summed E-state index contributed by atoms with van der Waals surface area (Å²) in [4.78, 5) is 2.65. The summed E-state index contributed by atoms with van der Waals surface area (Å²) in [7, 11) is 0. The van der Waals surface area contributed by atoms with Crippen LogP contribution in [0.3, 0.4) is 0 Å². The Labute approximate surface area is 127 Å². The number of hydrogen-bond acceptors (Lipinski definition) is 3. The van der Waals surface area contributed by atoms with Crippen molar-refractivity contribution >= 4 is 0 Å². The lowest BCUT2D eigenvalue weighted by atomic mass is 9.96. The molecule has 1 saturated heterocycles. The van der Waals surface area contributed by atoms with Gasteiger partial charge in [-0.05, 0) is 62.8 Å². The number of nitrogens with zero attached hydrogens (tertiary/aromatic N) is 1. The van der Waals surface area contributed by atoms with E-state index < -0.39 is 0 Å². The van der Waals surface area contributed by atoms with Crippen molar-refractivity contribution in [2.45, 2.75) is 58.0 Å². The second-order valence-electron chi connectivity index (χ2n) is 6.46. The summed E-state index contributed by atoms with van der Waals surface area (Å²) < 4.78 is 5.50. The fraction of sp³-hybridized carbons (Fsp3) is 0.667. The van der Waals surface area contributed by atoms with Crippen LogP contribution < -0.4 is 4.74 Å². The van der Waals surface area contributed by atoms with Crippen molar-refractivity contribution in [3.63, 3.8) is 0 Å². The molecule has 2 aliphatic rings. The molecule has 1 aromatic carbocycles. The zero-order valence-electron chi connectivity index (χ0n) is 13.1. The first-order chi connectivity index (χ1) is 10.3. The summed E-state index contributed by atoms with van der Waals surface area (Å²) >= 11 is 0. The number of likely N-dealkylation sites (tertiary alicyclic amines) is 1. The van der Waals surface area contributed by atoms with Gasteiger partial charge in [-0.1, -0.05) is 18.9 Å². The summed E-state index contributed by atoms with van der Waals surface area (Å²) in [6.07, 6.45) is 8.37. The van der Waals surface area contributed by atoms with E-state index in [9.17, 15) is 5.11 Å². The van der Waals surface area contributed by atoms with Gasteiger partial charge in [0.25, 0.3) is 0 Å². The molecule has 1 atom stereocenters. The van der Waals surface area contributed by atoms with E-state index >= 15 is 0 Å². The van der Waals surface area contributed by atoms with Crippen LogP contribution in [0.25, 0.3) is 0 Å². The summed E-state index contributed by atoms with van der Waals surface area (Å²) in [6.45, 7) is 4.74. The van der Waals surface area contributed by atoms with Gasteiger partial charge in [-0.25, -0.2) is 0 Å². The van der Waals surface area contributed by atoms with Crippen molar-refractivity contribution in [3.8, 4) is 11.5 Å². The standard InChI is InChI=1S/C18H27NO2/c1-2-21-18-12-14(9-10-17(18)20)13-19-11-5-8-16(19)15-6-3-4-7-15/h9-10,12,15-16,20H,2-8,11,13H2,1H3. The Kier molecular flexibility index (Phi) is 4.69. The third kappa shape index (κ3) is 3.34. The monoisotopic (exact) mass is 289 g/mol. The van der Waals surface area contributed by atoms with Crippen molar-refractivity contribution in [2.24, 2.45) is 5.92 Å². The summed E-state index contributed by atoms with van der Waals surface area (Å²) in [5.74, 6) is 1.77. The van der Waals surface area contributed by atoms with Crippen LogP contribution in [0.5, 0.6) is 11.5 Å². The van der Waals surface area contributed by atoms with Crippen LogP contribution in [0, 0.1) is 5.92 Å². The third-order valence-electron chi connectivity index (χ3n) is 5.07. The number of rotatable bonds is 5. The molecule has 0 bridgehead atoms. The van der Waals surface area contributed by atoms with E-state index in [0.717, 1.165) is 18.5 Å². The summed E-state index contributed by atoms with van der Waals surface area (Å²) in [5, 5.41) is 9.81. The molecule has 0 aromatic heterocycles. The minimum atomic E-state index is 0.245. The molecule has 1 aliphatic carbocycles. The van der Waals surface area contributed by atoms with Gasteiger partial charge in [-0.2, -0.15) is 0 Å². The topological polar surface area (TPSA) is 32.7 Å². The molecule has 1 unspecified atom stereocenters. The van der Waals surface area contributed by atoms with E-state index in [0.29, 0.717) is 12.4 Å². The molecule has 1 saturated carbocycles. The molecule has 21 heavy (non-hydrogen) atoms. The molecule has 3 heteroatoms. The van der Waals surface area contributed by atoms with E-state index in [-0.39, 0.29) is 5.75 Å². The van der Waals surface area contributed by atoms with E-state index in [1.54, 1.807) is 6.07 Å². The number of phenols is 1. The lowest BCUT2D eigenvalue weighted by Gasteiger charge is -2.29. The predicted octanol–water partition coefficient (Wildman–Crippen LogP) is 3.95. The fourth-order valence-corrected chi connectivity index (χ4v) is 4.09.